The van der Waals surface area contributed by atoms with Gasteiger partial charge in [0.25, 0.3) is 6.26 Å². The van der Waals surface area contributed by atoms with E-state index >= 15 is 0 Å². The fraction of sp³-hybridized carbons (Fsp3) is 0.909. The zero-order valence-corrected chi connectivity index (χ0v) is 11.6. The normalized spacial score (nSPS) is 11.1. The number of nitrogens with zero attached hydrogens (tertiary/aromatic N) is 1. The Morgan fingerprint density at radius 3 is 1.82 bits per heavy atom. The Bertz CT molecular complexity index is 249. The number of phosphoric ester groups is 1. The van der Waals surface area contributed by atoms with Gasteiger partial charge in [-0.05, 0) is 12.8 Å². The van der Waals surface area contributed by atoms with Gasteiger partial charge in [0.2, 0.25) is 0 Å². The molecule has 0 radical (unpaired) electrons. The predicted molar refractivity (Wildman–Crippen MR) is 65.3 cm³/mol. The van der Waals surface area contributed by atoms with E-state index in [0.717, 1.165) is 38.5 Å². The van der Waals surface area contributed by atoms with Crippen molar-refractivity contribution in [2.24, 2.45) is 0 Å². The molecule has 0 aliphatic heterocycles. The van der Waals surface area contributed by atoms with E-state index < -0.39 is 7.82 Å². The zero-order chi connectivity index (χ0) is 13.0. The molecule has 17 heavy (non-hydrogen) atoms. The van der Waals surface area contributed by atoms with Crippen molar-refractivity contribution in [3.8, 4) is 6.26 Å². The summed E-state index contributed by atoms with van der Waals surface area (Å²) < 4.78 is 26.3. The van der Waals surface area contributed by atoms with Crippen molar-refractivity contribution in [1.29, 1.82) is 5.26 Å². The van der Waals surface area contributed by atoms with Crippen molar-refractivity contribution >= 4 is 7.82 Å². The second-order valence-corrected chi connectivity index (χ2v) is 5.30. The van der Waals surface area contributed by atoms with Gasteiger partial charge in [-0.25, -0.2) is 4.57 Å². The van der Waals surface area contributed by atoms with E-state index in [2.05, 4.69) is 18.4 Å². The molecule has 100 valence electrons. The molecule has 5 nitrogen and oxygen atoms in total. The smallest absolute Gasteiger partial charge is 0.328 e. The monoisotopic (exact) mass is 263 g/mol. The van der Waals surface area contributed by atoms with Gasteiger partial charge in [-0.15, -0.1) is 5.26 Å². The van der Waals surface area contributed by atoms with Gasteiger partial charge in [-0.1, -0.05) is 39.5 Å². The molecule has 0 saturated heterocycles. The fourth-order valence-electron chi connectivity index (χ4n) is 1.20. The fourth-order valence-corrected chi connectivity index (χ4v) is 2.18. The Labute approximate surface area is 104 Å². The van der Waals surface area contributed by atoms with Crippen LogP contribution in [0.3, 0.4) is 0 Å². The summed E-state index contributed by atoms with van der Waals surface area (Å²) in [6, 6.07) is 0. The zero-order valence-electron chi connectivity index (χ0n) is 10.7. The molecule has 0 atom stereocenters. The SMILES string of the molecule is CCCCCOP(=O)(OC#N)OCCCCC. The molecule has 0 aliphatic rings. The molecule has 0 aromatic rings. The third-order valence-electron chi connectivity index (χ3n) is 2.15. The van der Waals surface area contributed by atoms with Crippen LogP contribution in [0.4, 0.5) is 0 Å². The minimum atomic E-state index is -3.66. The van der Waals surface area contributed by atoms with E-state index in [1.807, 2.05) is 0 Å². The van der Waals surface area contributed by atoms with Crippen molar-refractivity contribution < 1.29 is 18.1 Å². The number of hydrogen-bond donors (Lipinski definition) is 0. The van der Waals surface area contributed by atoms with Crippen molar-refractivity contribution in [3.63, 3.8) is 0 Å². The molecule has 0 unspecified atom stereocenters. The first-order chi connectivity index (χ1) is 8.18. The van der Waals surface area contributed by atoms with Crippen LogP contribution in [0.25, 0.3) is 0 Å². The van der Waals surface area contributed by atoms with E-state index in [9.17, 15) is 4.57 Å². The van der Waals surface area contributed by atoms with Crippen LogP contribution in [-0.2, 0) is 18.1 Å². The van der Waals surface area contributed by atoms with E-state index in [-0.39, 0.29) is 0 Å². The maximum absolute atomic E-state index is 11.9. The van der Waals surface area contributed by atoms with Gasteiger partial charge in [0.05, 0.1) is 13.2 Å². The van der Waals surface area contributed by atoms with Gasteiger partial charge in [-0.3, -0.25) is 9.05 Å². The number of hydrogen-bond acceptors (Lipinski definition) is 5. The van der Waals surface area contributed by atoms with Gasteiger partial charge in [-0.2, -0.15) is 0 Å². The van der Waals surface area contributed by atoms with E-state index in [4.69, 9.17) is 14.3 Å². The molecule has 0 heterocycles. The van der Waals surface area contributed by atoms with E-state index in [1.165, 1.54) is 6.26 Å². The molecular weight excluding hydrogens is 241 g/mol. The molecule has 0 bridgehead atoms. The summed E-state index contributed by atoms with van der Waals surface area (Å²) >= 11 is 0. The molecule has 0 amide bonds. The topological polar surface area (TPSA) is 68.5 Å². The summed E-state index contributed by atoms with van der Waals surface area (Å²) in [6.07, 6.45) is 7.02. The number of rotatable bonds is 11. The van der Waals surface area contributed by atoms with Crippen LogP contribution < -0.4 is 0 Å². The summed E-state index contributed by atoms with van der Waals surface area (Å²) in [6.45, 7) is 4.71. The number of unbranched alkanes of at least 4 members (excludes halogenated alkanes) is 4. The molecule has 0 N–H and O–H groups in total. The summed E-state index contributed by atoms with van der Waals surface area (Å²) in [5.41, 5.74) is 0. The van der Waals surface area contributed by atoms with Crippen molar-refractivity contribution in [3.05, 3.63) is 0 Å². The van der Waals surface area contributed by atoms with Crippen LogP contribution in [0.15, 0.2) is 0 Å². The lowest BCUT2D eigenvalue weighted by Crippen LogP contribution is -2.01. The van der Waals surface area contributed by atoms with Crippen LogP contribution in [0, 0.1) is 11.5 Å². The summed E-state index contributed by atoms with van der Waals surface area (Å²) in [4.78, 5) is 0. The van der Waals surface area contributed by atoms with Gasteiger partial charge in [0.15, 0.2) is 0 Å². The van der Waals surface area contributed by atoms with Crippen molar-refractivity contribution in [2.45, 2.75) is 52.4 Å². The minimum absolute atomic E-state index is 0.292. The first-order valence-corrected chi connectivity index (χ1v) is 7.61. The van der Waals surface area contributed by atoms with E-state index in [0.29, 0.717) is 13.2 Å². The molecule has 0 saturated carbocycles. The minimum Gasteiger partial charge on any atom is -0.328 e. The Balaban J connectivity index is 3.90. The average molecular weight is 263 g/mol. The Hall–Kier alpha value is -0.560. The van der Waals surface area contributed by atoms with Gasteiger partial charge >= 0.3 is 7.82 Å². The Morgan fingerprint density at radius 2 is 1.47 bits per heavy atom. The molecule has 0 spiro atoms. The lowest BCUT2D eigenvalue weighted by atomic mass is 10.3. The quantitative estimate of drug-likeness (QED) is 0.320. The maximum atomic E-state index is 11.9. The lowest BCUT2D eigenvalue weighted by Gasteiger charge is -2.13. The van der Waals surface area contributed by atoms with Crippen molar-refractivity contribution in [2.75, 3.05) is 13.2 Å². The van der Waals surface area contributed by atoms with Gasteiger partial charge in [0.1, 0.15) is 0 Å². The Kier molecular flexibility index (Phi) is 10.2. The number of nitriles is 1. The van der Waals surface area contributed by atoms with Crippen LogP contribution >= 0.6 is 7.82 Å². The summed E-state index contributed by atoms with van der Waals surface area (Å²) in [5, 5.41) is 8.40. The number of phosphoric acid groups is 1. The van der Waals surface area contributed by atoms with Gasteiger partial charge in [0, 0.05) is 0 Å². The lowest BCUT2D eigenvalue weighted by molar-refractivity contribution is 0.142. The second kappa shape index (κ2) is 10.6. The molecule has 6 heteroatoms. The highest BCUT2D eigenvalue weighted by Crippen LogP contribution is 2.49. The average Bonchev–Trinajstić information content (AvgIpc) is 2.31. The Morgan fingerprint density at radius 1 is 1.00 bits per heavy atom. The third-order valence-corrected chi connectivity index (χ3v) is 3.45. The highest BCUT2D eigenvalue weighted by Gasteiger charge is 2.27. The molecule has 0 aliphatic carbocycles. The highest BCUT2D eigenvalue weighted by molar-refractivity contribution is 7.48. The largest absolute Gasteiger partial charge is 0.539 e. The van der Waals surface area contributed by atoms with Crippen LogP contribution in [0.5, 0.6) is 0 Å². The molecule has 0 fully saturated rings. The maximum Gasteiger partial charge on any atom is 0.539 e. The van der Waals surface area contributed by atoms with Crippen LogP contribution in [-0.4, -0.2) is 13.2 Å². The summed E-state index contributed by atoms with van der Waals surface area (Å²) in [5.74, 6) is 0. The first kappa shape index (κ1) is 16.4. The highest BCUT2D eigenvalue weighted by atomic mass is 31.2. The van der Waals surface area contributed by atoms with Crippen molar-refractivity contribution in [1.82, 2.24) is 0 Å². The standard InChI is InChI=1S/C11H22NO4P/c1-3-5-7-9-14-17(13,16-11-12)15-10-8-6-4-2/h3-10H2,1-2H3. The molecule has 0 aromatic heterocycles. The predicted octanol–water partition coefficient (Wildman–Crippen LogP) is 4.01. The van der Waals surface area contributed by atoms with Crippen LogP contribution in [0.2, 0.25) is 0 Å². The van der Waals surface area contributed by atoms with Crippen LogP contribution in [0.1, 0.15) is 52.4 Å². The third kappa shape index (κ3) is 9.17. The molecule has 0 rings (SSSR count). The molecule has 0 aromatic carbocycles. The molecular formula is C11H22NO4P. The first-order valence-electron chi connectivity index (χ1n) is 6.15. The van der Waals surface area contributed by atoms with E-state index in [1.54, 1.807) is 0 Å². The summed E-state index contributed by atoms with van der Waals surface area (Å²) in [7, 11) is -3.66. The second-order valence-electron chi connectivity index (χ2n) is 3.71. The van der Waals surface area contributed by atoms with Gasteiger partial charge < -0.3 is 4.52 Å².